The van der Waals surface area contributed by atoms with E-state index in [0.29, 0.717) is 24.1 Å². The summed E-state index contributed by atoms with van der Waals surface area (Å²) in [5, 5.41) is 39.3. The molecule has 0 spiro atoms. The monoisotopic (exact) mass is 1890 g/mol. The molecule has 8 aromatic carbocycles. The SMILES string of the molecule is C.C.C.C.C.C=CCN(c1cc(OC)cc(OC)c1)c1ccc2ncc(-c3cnn(C)c3)nc2c1.CNCCN(c1cc(OC)cc(OC)c1)c1ccc2ncc(-c3cnn(C4CCCCO4)c3)nc2c1.COc1cc(OC(C)C)cc(N(CC2CC2)c2ccc3ncc(-c4cnn(C)c4)nc3c2)c1.COc1cc(OC)cc(N(CC2CC2)c2ccc3ncc(-c4cnn(CC(O)CO)c4)nc3c2)c1. The van der Waals surface area contributed by atoms with E-state index in [0.717, 1.165) is 227 Å². The molecule has 32 heteroatoms. The molecule has 1 saturated heterocycles. The summed E-state index contributed by atoms with van der Waals surface area (Å²) in [7, 11) is 17.3. The Morgan fingerprint density at radius 1 is 0.417 bits per heavy atom. The van der Waals surface area contributed by atoms with Crippen LogP contribution in [0.5, 0.6) is 46.0 Å². The molecule has 2 atom stereocenters. The number of hydrogen-bond acceptors (Lipinski definition) is 28. The highest BCUT2D eigenvalue weighted by molar-refractivity contribution is 5.87. The lowest BCUT2D eigenvalue weighted by Crippen LogP contribution is -2.26. The Balaban J connectivity index is 0.000000176. The van der Waals surface area contributed by atoms with Gasteiger partial charge >= 0.3 is 0 Å². The number of hydrogen-bond donors (Lipinski definition) is 3. The second-order valence-corrected chi connectivity index (χ2v) is 33.3. The Morgan fingerprint density at radius 2 is 0.770 bits per heavy atom. The van der Waals surface area contributed by atoms with E-state index in [1.165, 1.54) is 25.7 Å². The van der Waals surface area contributed by atoms with Crippen molar-refractivity contribution in [3.63, 3.8) is 0 Å². The maximum absolute atomic E-state index is 9.68. The minimum Gasteiger partial charge on any atom is -0.497 e. The van der Waals surface area contributed by atoms with Crippen LogP contribution in [0.25, 0.3) is 89.2 Å². The number of methoxy groups -OCH3 is 7. The van der Waals surface area contributed by atoms with E-state index in [4.69, 9.17) is 67.7 Å². The van der Waals surface area contributed by atoms with Crippen LogP contribution in [0.1, 0.15) is 102 Å². The number of aliphatic hydroxyl groups is 2. The lowest BCUT2D eigenvalue weighted by atomic mass is 10.1. The van der Waals surface area contributed by atoms with Gasteiger partial charge in [0, 0.05) is 219 Å². The van der Waals surface area contributed by atoms with E-state index in [1.54, 1.807) is 107 Å². The molecule has 139 heavy (non-hydrogen) atoms. The molecule has 0 radical (unpaired) electrons. The third-order valence-electron chi connectivity index (χ3n) is 23.1. The van der Waals surface area contributed by atoms with Crippen molar-refractivity contribution in [3.8, 4) is 91.0 Å². The van der Waals surface area contributed by atoms with Crippen molar-refractivity contribution >= 4 is 89.6 Å². The molecule has 0 amide bonds. The summed E-state index contributed by atoms with van der Waals surface area (Å²) in [5.41, 5.74) is 21.3. The van der Waals surface area contributed by atoms with E-state index < -0.39 is 6.10 Å². The molecule has 1 aliphatic heterocycles. The van der Waals surface area contributed by atoms with Crippen LogP contribution in [0.3, 0.4) is 0 Å². The van der Waals surface area contributed by atoms with Crippen molar-refractivity contribution in [1.82, 2.24) is 84.3 Å². The van der Waals surface area contributed by atoms with Gasteiger partial charge in [0.25, 0.3) is 0 Å². The maximum Gasteiger partial charge on any atom is 0.150 e. The van der Waals surface area contributed by atoms with Gasteiger partial charge in [0.05, 0.1) is 192 Å². The van der Waals surface area contributed by atoms with Crippen molar-refractivity contribution in [2.75, 3.05) is 122 Å². The molecule has 732 valence electrons. The van der Waals surface area contributed by atoms with Gasteiger partial charge in [-0.15, -0.1) is 6.58 Å². The van der Waals surface area contributed by atoms with Crippen molar-refractivity contribution < 1.29 is 52.8 Å². The highest BCUT2D eigenvalue weighted by Crippen LogP contribution is 2.44. The molecule has 8 aromatic heterocycles. The first-order valence-corrected chi connectivity index (χ1v) is 44.8. The topological polar surface area (TPSA) is 323 Å². The zero-order valence-corrected chi connectivity index (χ0v) is 77.6. The number of nitrogens with one attached hydrogen (secondary N) is 1. The summed E-state index contributed by atoms with van der Waals surface area (Å²) in [6, 6.07) is 48.2. The summed E-state index contributed by atoms with van der Waals surface area (Å²) in [6.45, 7) is 12.6. The Morgan fingerprint density at radius 3 is 1.12 bits per heavy atom. The second-order valence-electron chi connectivity index (χ2n) is 33.3. The number of anilines is 8. The van der Waals surface area contributed by atoms with Crippen molar-refractivity contribution in [2.24, 2.45) is 25.9 Å². The molecule has 2 aliphatic carbocycles. The zero-order chi connectivity index (χ0) is 93.3. The minimum absolute atomic E-state index is 0. The first-order chi connectivity index (χ1) is 65.3. The minimum atomic E-state index is -0.860. The van der Waals surface area contributed by atoms with Crippen LogP contribution in [-0.2, 0) is 25.4 Å². The highest BCUT2D eigenvalue weighted by atomic mass is 16.5. The highest BCUT2D eigenvalue weighted by Gasteiger charge is 2.30. The third-order valence-corrected chi connectivity index (χ3v) is 23.1. The van der Waals surface area contributed by atoms with Gasteiger partial charge in [-0.05, 0) is 150 Å². The molecule has 3 N–H and O–H groups in total. The number of ether oxygens (including phenoxy) is 9. The molecule has 2 saturated carbocycles. The summed E-state index contributed by atoms with van der Waals surface area (Å²) >= 11 is 0. The number of aryl methyl sites for hydroxylation is 2. The Kier molecular flexibility index (Phi) is 36.7. The molecule has 9 heterocycles. The normalized spacial score (nSPS) is 13.2. The fraction of sp³-hybridized carbons (Fsp3) is 0.346. The molecule has 2 unspecified atom stereocenters. The summed E-state index contributed by atoms with van der Waals surface area (Å²) in [5.74, 6) is 7.33. The number of aliphatic hydroxyl groups excluding tert-OH is 2. The van der Waals surface area contributed by atoms with Gasteiger partial charge < -0.3 is 77.8 Å². The Bertz CT molecular complexity index is 6640. The molecule has 3 fully saturated rings. The predicted octanol–water partition coefficient (Wildman–Crippen LogP) is 20.9. The quantitative estimate of drug-likeness (QED) is 0.0315. The second kappa shape index (κ2) is 48.7. The molecule has 16 aromatic rings. The van der Waals surface area contributed by atoms with E-state index in [-0.39, 0.29) is 62.6 Å². The Hall–Kier alpha value is -14.9. The van der Waals surface area contributed by atoms with E-state index in [2.05, 4.69) is 120 Å². The third kappa shape index (κ3) is 26.3. The van der Waals surface area contributed by atoms with Gasteiger partial charge in [-0.2, -0.15) is 20.4 Å². The van der Waals surface area contributed by atoms with E-state index >= 15 is 0 Å². The number of nitrogens with zero attached hydrogens (tertiary/aromatic N) is 20. The smallest absolute Gasteiger partial charge is 0.150 e. The lowest BCUT2D eigenvalue weighted by molar-refractivity contribution is -0.0394. The van der Waals surface area contributed by atoms with Gasteiger partial charge in [-0.3, -0.25) is 34.0 Å². The van der Waals surface area contributed by atoms with Gasteiger partial charge in [0.1, 0.15) is 52.2 Å². The maximum atomic E-state index is 9.68. The number of aromatic nitrogens is 16. The van der Waals surface area contributed by atoms with Crippen LogP contribution in [-0.4, -0.2) is 204 Å². The van der Waals surface area contributed by atoms with Gasteiger partial charge in [-0.1, -0.05) is 43.2 Å². The van der Waals surface area contributed by atoms with E-state index in [1.807, 2.05) is 174 Å². The number of fused-ring (bicyclic) bond motifs is 4. The molecular weight excluding hydrogens is 1760 g/mol. The number of rotatable bonds is 34. The fourth-order valence-corrected chi connectivity index (χ4v) is 15.7. The largest absolute Gasteiger partial charge is 0.497 e. The first kappa shape index (κ1) is 105. The van der Waals surface area contributed by atoms with Crippen LogP contribution in [0.2, 0.25) is 0 Å². The standard InChI is InChI=1S/C27H32N6O3.C26H29N5O4.C26H29N5O2.C23H23N5O2.5CH4/c1-28-9-10-32(21-12-22(34-2)15-23(13-21)35-3)20-7-8-24-25(14-20)31-26(17-29-24)19-16-30-33(18-19)27-6-4-5-11-36-27;1-34-22-7-20(8-23(10-22)35-2)31(13-17-3-4-17)19-5-6-24-25(9-19)29-26(12-27-24)18-11-28-30(14-18)15-21(33)16-32;1-17(2)33-23-10-21(9-22(12-23)32-4)31(15-18-5-6-18)20-7-8-24-25(11-20)29-26(14-27-24)19-13-28-30(3)16-19;1-5-8-28(18-9-19(29-3)12-20(10-18)30-4)17-6-7-21-22(11-17)26-23(14-24-21)16-13-25-27(2)15-16;;;;;/h7-8,12-18,27-28H,4-6,9-11H2,1-3H3;5-12,14,17,21,32-33H,3-4,13,15-16H2,1-2H3;7-14,16-18H,5-6,15H2,1-4H3;5-7,9-15H,1,8H2,2-4H3;5*1H4. The summed E-state index contributed by atoms with van der Waals surface area (Å²) < 4.78 is 57.4. The predicted molar refractivity (Wildman–Crippen MR) is 556 cm³/mol. The summed E-state index contributed by atoms with van der Waals surface area (Å²) in [6.07, 6.45) is 31.2. The van der Waals surface area contributed by atoms with Crippen LogP contribution in [0.4, 0.5) is 45.5 Å². The Labute approximate surface area is 815 Å². The molecule has 0 bridgehead atoms. The van der Waals surface area contributed by atoms with Gasteiger partial charge in [0.2, 0.25) is 0 Å². The molecule has 3 aliphatic rings. The van der Waals surface area contributed by atoms with Crippen LogP contribution < -0.4 is 62.8 Å². The van der Waals surface area contributed by atoms with Crippen molar-refractivity contribution in [2.45, 2.75) is 121 Å². The number of likely N-dealkylation sites (N-methyl/N-ethyl adjacent to an activating group) is 1. The van der Waals surface area contributed by atoms with Crippen LogP contribution in [0.15, 0.2) is 233 Å². The first-order valence-electron chi connectivity index (χ1n) is 44.8. The van der Waals surface area contributed by atoms with Crippen molar-refractivity contribution in [3.05, 3.63) is 233 Å². The van der Waals surface area contributed by atoms with Crippen LogP contribution in [0, 0.1) is 11.8 Å². The molecular formula is C107H133N21O11. The van der Waals surface area contributed by atoms with Crippen molar-refractivity contribution in [1.29, 1.82) is 0 Å². The molecule has 19 rings (SSSR count). The van der Waals surface area contributed by atoms with Gasteiger partial charge in [0.15, 0.2) is 0 Å². The number of benzene rings is 8. The lowest BCUT2D eigenvalue weighted by Gasteiger charge is -2.26. The molecule has 32 nitrogen and oxygen atoms in total. The summed E-state index contributed by atoms with van der Waals surface area (Å²) in [4.78, 5) is 46.9. The average molecular weight is 1890 g/mol. The average Bonchev–Trinajstić information content (AvgIpc) is 1.77. The zero-order valence-electron chi connectivity index (χ0n) is 77.6. The van der Waals surface area contributed by atoms with E-state index in [9.17, 15) is 5.11 Å². The van der Waals surface area contributed by atoms with Crippen LogP contribution >= 0.6 is 0 Å². The van der Waals surface area contributed by atoms with Gasteiger partial charge in [-0.25, -0.2) is 24.6 Å². The fourth-order valence-electron chi connectivity index (χ4n) is 15.7.